The van der Waals surface area contributed by atoms with Crippen molar-refractivity contribution in [1.82, 2.24) is 4.90 Å². The van der Waals surface area contributed by atoms with E-state index in [0.29, 0.717) is 13.0 Å². The molecule has 1 unspecified atom stereocenters. The summed E-state index contributed by atoms with van der Waals surface area (Å²) in [5.41, 5.74) is 4.85. The Morgan fingerprint density at radius 2 is 2.06 bits per heavy atom. The van der Waals surface area contributed by atoms with Gasteiger partial charge in [-0.15, -0.1) is 0 Å². The molecule has 0 aliphatic carbocycles. The lowest BCUT2D eigenvalue weighted by atomic mass is 10.2. The lowest BCUT2D eigenvalue weighted by molar-refractivity contribution is -0.155. The highest BCUT2D eigenvalue weighted by molar-refractivity contribution is 5.80. The molecule has 1 fully saturated rings. The molecular formula is C12H22N2O3. The van der Waals surface area contributed by atoms with Gasteiger partial charge in [0.15, 0.2) is 0 Å². The number of carbonyl (C=O) groups excluding carboxylic acids is 2. The van der Waals surface area contributed by atoms with Crippen LogP contribution in [-0.2, 0) is 14.3 Å². The minimum atomic E-state index is -0.453. The number of hydrogen-bond donors (Lipinski definition) is 1. The van der Waals surface area contributed by atoms with Crippen LogP contribution in [0.25, 0.3) is 0 Å². The molecule has 5 nitrogen and oxygen atoms in total. The molecule has 0 aromatic carbocycles. The Morgan fingerprint density at radius 3 is 2.59 bits per heavy atom. The van der Waals surface area contributed by atoms with Crippen molar-refractivity contribution in [2.45, 2.75) is 51.7 Å². The second-order valence-electron chi connectivity index (χ2n) is 5.43. The fourth-order valence-electron chi connectivity index (χ4n) is 2.04. The quantitative estimate of drug-likeness (QED) is 0.735. The van der Waals surface area contributed by atoms with Crippen LogP contribution in [0.5, 0.6) is 0 Å². The van der Waals surface area contributed by atoms with Crippen LogP contribution < -0.4 is 5.73 Å². The Kier molecular flexibility index (Phi) is 4.51. The SMILES string of the molecule is CC(C)(C)OC(=O)CCN1CCCC1C(N)=O. The fraction of sp³-hybridized carbons (Fsp3) is 0.833. The Hall–Kier alpha value is -1.10. The number of amides is 1. The van der Waals surface area contributed by atoms with Crippen LogP contribution in [0.15, 0.2) is 0 Å². The van der Waals surface area contributed by atoms with E-state index in [-0.39, 0.29) is 17.9 Å². The molecule has 0 bridgehead atoms. The maximum absolute atomic E-state index is 11.5. The maximum Gasteiger partial charge on any atom is 0.307 e. The number of nitrogens with two attached hydrogens (primary N) is 1. The van der Waals surface area contributed by atoms with Gasteiger partial charge in [0.1, 0.15) is 5.60 Å². The van der Waals surface area contributed by atoms with Crippen LogP contribution in [0.4, 0.5) is 0 Å². The van der Waals surface area contributed by atoms with Crippen LogP contribution in [0.3, 0.4) is 0 Å². The van der Waals surface area contributed by atoms with Crippen LogP contribution in [-0.4, -0.2) is 41.5 Å². The van der Waals surface area contributed by atoms with Crippen LogP contribution in [0, 0.1) is 0 Å². The first-order valence-electron chi connectivity index (χ1n) is 6.05. The summed E-state index contributed by atoms with van der Waals surface area (Å²) in [4.78, 5) is 24.6. The standard InChI is InChI=1S/C12H22N2O3/c1-12(2,3)17-10(15)6-8-14-7-4-5-9(14)11(13)16/h9H,4-8H2,1-3H3,(H2,13,16). The molecule has 1 heterocycles. The predicted molar refractivity (Wildman–Crippen MR) is 64.3 cm³/mol. The lowest BCUT2D eigenvalue weighted by Crippen LogP contribution is -2.41. The van der Waals surface area contributed by atoms with Crippen molar-refractivity contribution in [2.24, 2.45) is 5.73 Å². The van der Waals surface area contributed by atoms with Gasteiger partial charge in [-0.05, 0) is 40.2 Å². The molecule has 1 amide bonds. The van der Waals surface area contributed by atoms with E-state index in [4.69, 9.17) is 10.5 Å². The Labute approximate surface area is 102 Å². The Bertz CT molecular complexity index is 297. The first-order valence-corrected chi connectivity index (χ1v) is 6.05. The van der Waals surface area contributed by atoms with E-state index in [1.807, 2.05) is 25.7 Å². The third kappa shape index (κ3) is 4.73. The van der Waals surface area contributed by atoms with Gasteiger partial charge in [0.2, 0.25) is 5.91 Å². The molecule has 1 aliphatic heterocycles. The summed E-state index contributed by atoms with van der Waals surface area (Å²) in [5, 5.41) is 0. The number of rotatable bonds is 4. The van der Waals surface area contributed by atoms with Gasteiger partial charge in [-0.3, -0.25) is 14.5 Å². The van der Waals surface area contributed by atoms with Crippen LogP contribution in [0.2, 0.25) is 0 Å². The molecule has 0 aromatic heterocycles. The largest absolute Gasteiger partial charge is 0.460 e. The van der Waals surface area contributed by atoms with Crippen molar-refractivity contribution < 1.29 is 14.3 Å². The highest BCUT2D eigenvalue weighted by Crippen LogP contribution is 2.17. The average molecular weight is 242 g/mol. The van der Waals surface area contributed by atoms with Crippen molar-refractivity contribution in [3.05, 3.63) is 0 Å². The van der Waals surface area contributed by atoms with Gasteiger partial charge in [-0.25, -0.2) is 0 Å². The van der Waals surface area contributed by atoms with Crippen molar-refractivity contribution in [1.29, 1.82) is 0 Å². The van der Waals surface area contributed by atoms with Gasteiger partial charge in [0.05, 0.1) is 12.5 Å². The molecule has 1 atom stereocenters. The predicted octanol–water partition coefficient (Wildman–Crippen LogP) is 0.668. The van der Waals surface area contributed by atoms with Gasteiger partial charge in [-0.1, -0.05) is 0 Å². The number of esters is 1. The fourth-order valence-corrected chi connectivity index (χ4v) is 2.04. The molecule has 0 radical (unpaired) electrons. The molecule has 1 aliphatic rings. The monoisotopic (exact) mass is 242 g/mol. The Morgan fingerprint density at radius 1 is 1.41 bits per heavy atom. The van der Waals surface area contributed by atoms with Crippen molar-refractivity contribution in [3.8, 4) is 0 Å². The zero-order valence-corrected chi connectivity index (χ0v) is 10.9. The van der Waals surface area contributed by atoms with Crippen molar-refractivity contribution in [2.75, 3.05) is 13.1 Å². The summed E-state index contributed by atoms with van der Waals surface area (Å²) >= 11 is 0. The van der Waals surface area contributed by atoms with E-state index in [1.165, 1.54) is 0 Å². The molecule has 1 rings (SSSR count). The molecule has 2 N–H and O–H groups in total. The number of carbonyl (C=O) groups is 2. The third-order valence-electron chi connectivity index (χ3n) is 2.72. The van der Waals surface area contributed by atoms with E-state index >= 15 is 0 Å². The number of primary amides is 1. The number of likely N-dealkylation sites (tertiary alicyclic amines) is 1. The number of nitrogens with zero attached hydrogens (tertiary/aromatic N) is 1. The van der Waals surface area contributed by atoms with Gasteiger partial charge in [0, 0.05) is 6.54 Å². The smallest absolute Gasteiger partial charge is 0.307 e. The minimum absolute atomic E-state index is 0.211. The summed E-state index contributed by atoms with van der Waals surface area (Å²) < 4.78 is 5.21. The Balaban J connectivity index is 2.35. The van der Waals surface area contributed by atoms with Gasteiger partial charge >= 0.3 is 5.97 Å². The number of ether oxygens (including phenoxy) is 1. The first kappa shape index (κ1) is 14.0. The van der Waals surface area contributed by atoms with E-state index in [0.717, 1.165) is 19.4 Å². The lowest BCUT2D eigenvalue weighted by Gasteiger charge is -2.23. The van der Waals surface area contributed by atoms with Gasteiger partial charge < -0.3 is 10.5 Å². The topological polar surface area (TPSA) is 72.6 Å². The van der Waals surface area contributed by atoms with Crippen LogP contribution in [0.1, 0.15) is 40.0 Å². The normalized spacial score (nSPS) is 21.5. The molecule has 98 valence electrons. The molecule has 17 heavy (non-hydrogen) atoms. The summed E-state index contributed by atoms with van der Waals surface area (Å²) in [7, 11) is 0. The van der Waals surface area contributed by atoms with Crippen molar-refractivity contribution >= 4 is 11.9 Å². The van der Waals surface area contributed by atoms with Crippen LogP contribution >= 0.6 is 0 Å². The van der Waals surface area contributed by atoms with E-state index in [1.54, 1.807) is 0 Å². The second-order valence-corrected chi connectivity index (χ2v) is 5.43. The summed E-state index contributed by atoms with van der Waals surface area (Å²) in [6.07, 6.45) is 2.06. The highest BCUT2D eigenvalue weighted by Gasteiger charge is 2.29. The minimum Gasteiger partial charge on any atom is -0.460 e. The third-order valence-corrected chi connectivity index (χ3v) is 2.72. The molecule has 0 aromatic rings. The van der Waals surface area contributed by atoms with E-state index < -0.39 is 5.60 Å². The van der Waals surface area contributed by atoms with E-state index in [2.05, 4.69) is 0 Å². The molecule has 1 saturated heterocycles. The maximum atomic E-state index is 11.5. The van der Waals surface area contributed by atoms with Gasteiger partial charge in [0.25, 0.3) is 0 Å². The second kappa shape index (κ2) is 5.49. The van der Waals surface area contributed by atoms with E-state index in [9.17, 15) is 9.59 Å². The van der Waals surface area contributed by atoms with Crippen molar-refractivity contribution in [3.63, 3.8) is 0 Å². The summed E-state index contributed by atoms with van der Waals surface area (Å²) in [6, 6.07) is -0.211. The number of hydrogen-bond acceptors (Lipinski definition) is 4. The molecule has 0 spiro atoms. The highest BCUT2D eigenvalue weighted by atomic mass is 16.6. The summed E-state index contributed by atoms with van der Waals surface area (Å²) in [6.45, 7) is 6.89. The average Bonchev–Trinajstić information content (AvgIpc) is 2.59. The van der Waals surface area contributed by atoms with Gasteiger partial charge in [-0.2, -0.15) is 0 Å². The zero-order valence-electron chi connectivity index (χ0n) is 10.9. The molecule has 5 heteroatoms. The summed E-state index contributed by atoms with van der Waals surface area (Å²) in [5.74, 6) is -0.528. The first-order chi connectivity index (χ1) is 7.79. The zero-order chi connectivity index (χ0) is 13.1. The molecular weight excluding hydrogens is 220 g/mol. The molecule has 0 saturated carbocycles.